The van der Waals surface area contributed by atoms with Crippen LogP contribution in [0.5, 0.6) is 0 Å². The molecule has 6 nitrogen and oxygen atoms in total. The molecule has 0 radical (unpaired) electrons. The van der Waals surface area contributed by atoms with Crippen LogP contribution in [0.2, 0.25) is 5.02 Å². The standard InChI is InChI=1S/C22H24ClFN6/c1-14-25-19(29-9-7-28(2)8-10-29)17-20(26-14)30(22-11-21(24,12-22)13-22)18(27-17)15-5-3-4-6-16(15)23/h3-6H,7-13H2,1-2H3. The van der Waals surface area contributed by atoms with E-state index in [1.165, 1.54) is 0 Å². The van der Waals surface area contributed by atoms with Gasteiger partial charge >= 0.3 is 0 Å². The maximum absolute atomic E-state index is 14.5. The first-order chi connectivity index (χ1) is 14.4. The fourth-order valence-electron chi connectivity index (χ4n) is 5.41. The number of imidazole rings is 1. The topological polar surface area (TPSA) is 50.1 Å². The summed E-state index contributed by atoms with van der Waals surface area (Å²) in [4.78, 5) is 19.3. The van der Waals surface area contributed by atoms with Gasteiger partial charge in [-0.25, -0.2) is 19.3 Å². The third-order valence-electron chi connectivity index (χ3n) is 6.93. The number of aromatic nitrogens is 4. The van der Waals surface area contributed by atoms with Crippen LogP contribution in [-0.4, -0.2) is 63.3 Å². The van der Waals surface area contributed by atoms with Crippen molar-refractivity contribution in [3.63, 3.8) is 0 Å². The van der Waals surface area contributed by atoms with E-state index in [1.807, 2.05) is 31.2 Å². The van der Waals surface area contributed by atoms with Crippen molar-refractivity contribution in [3.05, 3.63) is 35.1 Å². The van der Waals surface area contributed by atoms with Crippen molar-refractivity contribution in [2.24, 2.45) is 0 Å². The molecule has 0 N–H and O–H groups in total. The highest BCUT2D eigenvalue weighted by atomic mass is 35.5. The van der Waals surface area contributed by atoms with Crippen molar-refractivity contribution in [1.29, 1.82) is 0 Å². The van der Waals surface area contributed by atoms with E-state index in [0.717, 1.165) is 54.5 Å². The summed E-state index contributed by atoms with van der Waals surface area (Å²) in [6.45, 7) is 5.68. The van der Waals surface area contributed by atoms with Crippen molar-refractivity contribution in [2.45, 2.75) is 37.4 Å². The molecule has 1 saturated heterocycles. The molecule has 2 bridgehead atoms. The van der Waals surface area contributed by atoms with Crippen LogP contribution in [0.25, 0.3) is 22.6 Å². The normalized spacial score (nSPS) is 28.5. The minimum absolute atomic E-state index is 0.252. The summed E-state index contributed by atoms with van der Waals surface area (Å²) >= 11 is 6.57. The highest BCUT2D eigenvalue weighted by Crippen LogP contribution is 2.68. The third-order valence-corrected chi connectivity index (χ3v) is 7.26. The molecule has 0 unspecified atom stereocenters. The molecule has 156 valence electrons. The molecule has 3 saturated carbocycles. The van der Waals surface area contributed by atoms with Gasteiger partial charge in [0.05, 0.1) is 10.6 Å². The molecule has 2 aromatic heterocycles. The lowest BCUT2D eigenvalue weighted by Gasteiger charge is -2.66. The largest absolute Gasteiger partial charge is 0.352 e. The van der Waals surface area contributed by atoms with Crippen LogP contribution >= 0.6 is 11.6 Å². The van der Waals surface area contributed by atoms with Gasteiger partial charge in [-0.05, 0) is 26.1 Å². The Morgan fingerprint density at radius 1 is 1.00 bits per heavy atom. The molecule has 4 fully saturated rings. The number of piperazine rings is 1. The van der Waals surface area contributed by atoms with Gasteiger partial charge in [0.15, 0.2) is 17.0 Å². The zero-order valence-electron chi connectivity index (χ0n) is 17.2. The molecule has 1 aromatic carbocycles. The van der Waals surface area contributed by atoms with Gasteiger partial charge in [-0.3, -0.25) is 0 Å². The highest BCUT2D eigenvalue weighted by molar-refractivity contribution is 6.33. The number of aryl methyl sites for hydroxylation is 1. The second-order valence-electron chi connectivity index (χ2n) is 9.21. The minimum atomic E-state index is -1.02. The average Bonchev–Trinajstić information content (AvgIpc) is 3.04. The second-order valence-corrected chi connectivity index (χ2v) is 9.62. The Hall–Kier alpha value is -2.25. The molecular formula is C22H24ClFN6. The molecule has 0 spiro atoms. The summed E-state index contributed by atoms with van der Waals surface area (Å²) in [5.74, 6) is 2.36. The Labute approximate surface area is 179 Å². The molecule has 3 aromatic rings. The Kier molecular flexibility index (Phi) is 3.79. The molecule has 3 aliphatic carbocycles. The zero-order valence-corrected chi connectivity index (χ0v) is 18.0. The summed E-state index contributed by atoms with van der Waals surface area (Å²) in [7, 11) is 2.14. The van der Waals surface area contributed by atoms with Crippen LogP contribution in [0.3, 0.4) is 0 Å². The van der Waals surface area contributed by atoms with Gasteiger partial charge in [0.25, 0.3) is 0 Å². The van der Waals surface area contributed by atoms with Crippen LogP contribution in [-0.2, 0) is 5.54 Å². The number of halogens is 2. The van der Waals surface area contributed by atoms with Crippen molar-refractivity contribution in [2.75, 3.05) is 38.1 Å². The van der Waals surface area contributed by atoms with E-state index >= 15 is 0 Å². The predicted molar refractivity (Wildman–Crippen MR) is 116 cm³/mol. The fraction of sp³-hybridized carbons (Fsp3) is 0.500. The predicted octanol–water partition coefficient (Wildman–Crippen LogP) is 3.81. The maximum Gasteiger partial charge on any atom is 0.166 e. The van der Waals surface area contributed by atoms with E-state index < -0.39 is 5.67 Å². The molecule has 0 atom stereocenters. The Morgan fingerprint density at radius 2 is 1.70 bits per heavy atom. The Bertz CT molecular complexity index is 1150. The average molecular weight is 427 g/mol. The number of alkyl halides is 1. The highest BCUT2D eigenvalue weighted by Gasteiger charge is 2.71. The number of rotatable bonds is 3. The van der Waals surface area contributed by atoms with E-state index in [4.69, 9.17) is 26.6 Å². The quantitative estimate of drug-likeness (QED) is 0.637. The smallest absolute Gasteiger partial charge is 0.166 e. The molecular weight excluding hydrogens is 403 g/mol. The van der Waals surface area contributed by atoms with Crippen LogP contribution in [0.15, 0.2) is 24.3 Å². The lowest BCUT2D eigenvalue weighted by molar-refractivity contribution is -0.195. The van der Waals surface area contributed by atoms with Crippen molar-refractivity contribution >= 4 is 28.6 Å². The number of likely N-dealkylation sites (N-methyl/N-ethyl adjacent to an activating group) is 1. The van der Waals surface area contributed by atoms with Crippen molar-refractivity contribution in [3.8, 4) is 11.4 Å². The monoisotopic (exact) mass is 426 g/mol. The van der Waals surface area contributed by atoms with E-state index in [2.05, 4.69) is 21.4 Å². The Morgan fingerprint density at radius 3 is 2.37 bits per heavy atom. The summed E-state index contributed by atoms with van der Waals surface area (Å²) in [6, 6.07) is 7.72. The van der Waals surface area contributed by atoms with Crippen LogP contribution in [0, 0.1) is 6.92 Å². The maximum atomic E-state index is 14.5. The lowest BCUT2D eigenvalue weighted by Crippen LogP contribution is -2.70. The van der Waals surface area contributed by atoms with Crippen molar-refractivity contribution < 1.29 is 4.39 Å². The molecule has 8 heteroatoms. The van der Waals surface area contributed by atoms with Crippen LogP contribution < -0.4 is 4.90 Å². The van der Waals surface area contributed by atoms with Gasteiger partial charge < -0.3 is 14.4 Å². The number of fused-ring (bicyclic) bond motifs is 1. The summed E-state index contributed by atoms with van der Waals surface area (Å²) < 4.78 is 16.7. The molecule has 7 rings (SSSR count). The molecule has 0 amide bonds. The van der Waals surface area contributed by atoms with E-state index in [-0.39, 0.29) is 5.54 Å². The van der Waals surface area contributed by atoms with E-state index in [1.54, 1.807) is 0 Å². The SMILES string of the molecule is Cc1nc(N2CCN(C)CC2)c2nc(-c3ccccc3Cl)n(C34CC(F)(C3)C4)c2n1. The van der Waals surface area contributed by atoms with Crippen molar-refractivity contribution in [1.82, 2.24) is 24.4 Å². The lowest BCUT2D eigenvalue weighted by atomic mass is 9.47. The first-order valence-corrected chi connectivity index (χ1v) is 10.9. The first-order valence-electron chi connectivity index (χ1n) is 10.5. The number of nitrogens with zero attached hydrogens (tertiary/aromatic N) is 6. The van der Waals surface area contributed by atoms with Gasteiger partial charge in [-0.15, -0.1) is 0 Å². The van der Waals surface area contributed by atoms with E-state index in [0.29, 0.717) is 30.1 Å². The summed E-state index contributed by atoms with van der Waals surface area (Å²) in [5, 5.41) is 0.640. The van der Waals surface area contributed by atoms with Crippen LogP contribution in [0.4, 0.5) is 10.2 Å². The van der Waals surface area contributed by atoms with Gasteiger partial charge in [0, 0.05) is 51.0 Å². The number of anilines is 1. The van der Waals surface area contributed by atoms with Gasteiger partial charge in [0.2, 0.25) is 0 Å². The number of hydrogen-bond acceptors (Lipinski definition) is 5. The summed E-state index contributed by atoms with van der Waals surface area (Å²) in [6.07, 6.45) is 1.57. The third kappa shape index (κ3) is 2.54. The molecule has 30 heavy (non-hydrogen) atoms. The summed E-state index contributed by atoms with van der Waals surface area (Å²) in [5.41, 5.74) is 1.18. The van der Waals surface area contributed by atoms with E-state index in [9.17, 15) is 4.39 Å². The number of hydrogen-bond donors (Lipinski definition) is 0. The Balaban J connectivity index is 1.58. The molecule has 1 aliphatic heterocycles. The zero-order chi connectivity index (χ0) is 20.7. The van der Waals surface area contributed by atoms with Gasteiger partial charge in [-0.1, -0.05) is 23.7 Å². The second kappa shape index (κ2) is 6.14. The minimum Gasteiger partial charge on any atom is -0.352 e. The van der Waals surface area contributed by atoms with Gasteiger partial charge in [-0.2, -0.15) is 0 Å². The number of benzene rings is 1. The molecule has 3 heterocycles. The van der Waals surface area contributed by atoms with Gasteiger partial charge in [0.1, 0.15) is 17.3 Å². The van der Waals surface area contributed by atoms with Crippen LogP contribution in [0.1, 0.15) is 25.1 Å². The fourth-order valence-corrected chi connectivity index (χ4v) is 5.63. The first kappa shape index (κ1) is 18.5. The molecule has 4 aliphatic rings.